The van der Waals surface area contributed by atoms with Crippen LogP contribution in [0, 0.1) is 6.92 Å². The molecule has 108 valence electrons. The number of rotatable bonds is 3. The molecule has 20 heavy (non-hydrogen) atoms. The van der Waals surface area contributed by atoms with Crippen LogP contribution in [-0.4, -0.2) is 41.9 Å². The normalized spacial score (nSPS) is 19.4. The number of aryl methyl sites for hydroxylation is 1. The quantitative estimate of drug-likeness (QED) is 0.592. The van der Waals surface area contributed by atoms with E-state index in [1.54, 1.807) is 6.92 Å². The van der Waals surface area contributed by atoms with Crippen molar-refractivity contribution in [2.75, 3.05) is 11.4 Å². The van der Waals surface area contributed by atoms with E-state index >= 15 is 0 Å². The van der Waals surface area contributed by atoms with Crippen molar-refractivity contribution in [1.29, 1.82) is 0 Å². The molecule has 1 unspecified atom stereocenters. The molecule has 1 aromatic heterocycles. The summed E-state index contributed by atoms with van der Waals surface area (Å²) in [5.41, 5.74) is 0.692. The maximum Gasteiger partial charge on any atom is 0.307 e. The lowest BCUT2D eigenvalue weighted by atomic mass is 10.2. The molecule has 0 radical (unpaired) electrons. The van der Waals surface area contributed by atoms with Gasteiger partial charge in [0.2, 0.25) is 11.9 Å². The second-order valence-electron chi connectivity index (χ2n) is 4.53. The third-order valence-electron chi connectivity index (χ3n) is 3.08. The molecule has 0 spiro atoms. The van der Waals surface area contributed by atoms with E-state index in [1.807, 2.05) is 0 Å². The highest BCUT2D eigenvalue weighted by Gasteiger charge is 2.40. The molecule has 0 N–H and O–H groups in total. The van der Waals surface area contributed by atoms with Crippen LogP contribution >= 0.6 is 0 Å². The van der Waals surface area contributed by atoms with Crippen molar-refractivity contribution in [1.82, 2.24) is 9.97 Å². The highest BCUT2D eigenvalue weighted by Crippen LogP contribution is 2.23. The van der Waals surface area contributed by atoms with E-state index in [2.05, 4.69) is 9.97 Å². The first kappa shape index (κ1) is 14.5. The highest BCUT2D eigenvalue weighted by molar-refractivity contribution is 7.87. The van der Waals surface area contributed by atoms with E-state index in [0.29, 0.717) is 11.3 Å². The van der Waals surface area contributed by atoms with Crippen molar-refractivity contribution in [3.8, 4) is 0 Å². The summed E-state index contributed by atoms with van der Waals surface area (Å²) in [7, 11) is -4.78. The Bertz CT molecular complexity index is 689. The van der Waals surface area contributed by atoms with Crippen LogP contribution < -0.4 is 4.90 Å². The molecule has 1 saturated heterocycles. The number of hydrogen-bond donors (Lipinski definition) is 0. The predicted octanol–water partition coefficient (Wildman–Crippen LogP) is 0.392. The summed E-state index contributed by atoms with van der Waals surface area (Å²) in [6, 6.07) is 0. The first-order valence-electron chi connectivity index (χ1n) is 5.78. The Labute approximate surface area is 115 Å². The van der Waals surface area contributed by atoms with Gasteiger partial charge in [-0.2, -0.15) is 8.42 Å². The topological polar surface area (TPSA) is 97.3 Å². The van der Waals surface area contributed by atoms with Crippen LogP contribution in [0.25, 0.3) is 0 Å². The molecule has 7 nitrogen and oxygen atoms in total. The van der Waals surface area contributed by atoms with Gasteiger partial charge in [0.05, 0.1) is 11.3 Å². The number of carbonyl (C=O) groups excluding carboxylic acids is 2. The van der Waals surface area contributed by atoms with E-state index < -0.39 is 27.8 Å². The van der Waals surface area contributed by atoms with Crippen molar-refractivity contribution in [3.63, 3.8) is 0 Å². The summed E-state index contributed by atoms with van der Waals surface area (Å²) in [5.74, 6) is -0.805. The highest BCUT2D eigenvalue weighted by atomic mass is 32.3. The average Bonchev–Trinajstić information content (AvgIpc) is 2.70. The zero-order valence-corrected chi connectivity index (χ0v) is 11.6. The van der Waals surface area contributed by atoms with Gasteiger partial charge >= 0.3 is 10.2 Å². The lowest BCUT2D eigenvalue weighted by Crippen LogP contribution is -2.29. The number of amides is 1. The Morgan fingerprint density at radius 3 is 2.60 bits per heavy atom. The molecule has 1 atom stereocenters. The number of halogens is 1. The van der Waals surface area contributed by atoms with Crippen molar-refractivity contribution >= 4 is 27.9 Å². The molecule has 1 amide bonds. The Balaban J connectivity index is 2.31. The first-order chi connectivity index (χ1) is 9.20. The molecule has 0 aliphatic carbocycles. The molecule has 1 aliphatic heterocycles. The average molecular weight is 301 g/mol. The van der Waals surface area contributed by atoms with Gasteiger partial charge in [-0.1, -0.05) is 0 Å². The van der Waals surface area contributed by atoms with Crippen LogP contribution in [0.2, 0.25) is 0 Å². The molecular formula is C11H12FN3O4S. The SMILES string of the molecule is CC(=O)c1cnc(N2CC(S(=O)(=O)F)CC2=O)nc1C. The lowest BCUT2D eigenvalue weighted by Gasteiger charge is -2.14. The van der Waals surface area contributed by atoms with Crippen LogP contribution in [-0.2, 0) is 15.0 Å². The van der Waals surface area contributed by atoms with Gasteiger partial charge < -0.3 is 0 Å². The summed E-state index contributed by atoms with van der Waals surface area (Å²) in [6.45, 7) is 2.61. The van der Waals surface area contributed by atoms with Gasteiger partial charge in [0.1, 0.15) is 5.25 Å². The summed E-state index contributed by atoms with van der Waals surface area (Å²) >= 11 is 0. The molecule has 2 rings (SSSR count). The first-order valence-corrected chi connectivity index (χ1v) is 7.23. The third-order valence-corrected chi connectivity index (χ3v) is 4.19. The van der Waals surface area contributed by atoms with Gasteiger partial charge in [-0.05, 0) is 13.8 Å². The molecule has 1 fully saturated rings. The maximum atomic E-state index is 12.9. The van der Waals surface area contributed by atoms with Crippen LogP contribution in [0.5, 0.6) is 0 Å². The number of hydrogen-bond acceptors (Lipinski definition) is 6. The minimum Gasteiger partial charge on any atom is -0.294 e. The van der Waals surface area contributed by atoms with Gasteiger partial charge in [0.15, 0.2) is 5.78 Å². The second-order valence-corrected chi connectivity index (χ2v) is 6.15. The van der Waals surface area contributed by atoms with Crippen LogP contribution in [0.3, 0.4) is 0 Å². The molecule has 1 aliphatic rings. The van der Waals surface area contributed by atoms with E-state index in [1.165, 1.54) is 13.1 Å². The van der Waals surface area contributed by atoms with E-state index in [4.69, 9.17) is 0 Å². The number of anilines is 1. The molecule has 0 bridgehead atoms. The standard InChI is InChI=1S/C11H12FN3O4S/c1-6-9(7(2)16)4-13-11(14-6)15-5-8(3-10(15)17)20(12,18)19/h4,8H,3,5H2,1-2H3. The van der Waals surface area contributed by atoms with Crippen molar-refractivity contribution in [2.24, 2.45) is 0 Å². The maximum absolute atomic E-state index is 12.9. The molecule has 0 aromatic carbocycles. The lowest BCUT2D eigenvalue weighted by molar-refractivity contribution is -0.117. The van der Waals surface area contributed by atoms with E-state index in [9.17, 15) is 21.9 Å². The zero-order valence-electron chi connectivity index (χ0n) is 10.8. The monoisotopic (exact) mass is 301 g/mol. The minimum atomic E-state index is -4.78. The van der Waals surface area contributed by atoms with Gasteiger partial charge in [0.25, 0.3) is 0 Å². The summed E-state index contributed by atoms with van der Waals surface area (Å²) in [6.07, 6.45) is 0.834. The van der Waals surface area contributed by atoms with Crippen LogP contribution in [0.15, 0.2) is 6.20 Å². The summed E-state index contributed by atoms with van der Waals surface area (Å²) < 4.78 is 34.6. The Kier molecular flexibility index (Phi) is 3.55. The smallest absolute Gasteiger partial charge is 0.294 e. The zero-order chi connectivity index (χ0) is 15.1. The molecule has 0 saturated carbocycles. The Morgan fingerprint density at radius 2 is 2.15 bits per heavy atom. The second kappa shape index (κ2) is 4.89. The van der Waals surface area contributed by atoms with Crippen molar-refractivity contribution in [3.05, 3.63) is 17.5 Å². The van der Waals surface area contributed by atoms with Crippen LogP contribution in [0.1, 0.15) is 29.4 Å². The number of aromatic nitrogens is 2. The van der Waals surface area contributed by atoms with E-state index in [-0.39, 0.29) is 18.3 Å². The predicted molar refractivity (Wildman–Crippen MR) is 67.6 cm³/mol. The fourth-order valence-corrected chi connectivity index (χ4v) is 2.66. The molecular weight excluding hydrogens is 289 g/mol. The number of ketones is 1. The van der Waals surface area contributed by atoms with Crippen LogP contribution in [0.4, 0.5) is 9.83 Å². The van der Waals surface area contributed by atoms with Gasteiger partial charge in [-0.3, -0.25) is 14.5 Å². The number of Topliss-reactive ketones (excluding diaryl/α,β-unsaturated/α-hetero) is 1. The third kappa shape index (κ3) is 2.67. The van der Waals surface area contributed by atoms with Gasteiger partial charge in [-0.25, -0.2) is 9.97 Å². The minimum absolute atomic E-state index is 0.0244. The summed E-state index contributed by atoms with van der Waals surface area (Å²) in [5, 5.41) is -1.40. The molecule has 2 heterocycles. The largest absolute Gasteiger partial charge is 0.307 e. The Hall–Kier alpha value is -1.90. The number of nitrogens with zero attached hydrogens (tertiary/aromatic N) is 3. The molecule has 9 heteroatoms. The van der Waals surface area contributed by atoms with Crippen molar-refractivity contribution < 1.29 is 21.9 Å². The fourth-order valence-electron chi connectivity index (χ4n) is 1.99. The van der Waals surface area contributed by atoms with Crippen molar-refractivity contribution in [2.45, 2.75) is 25.5 Å². The van der Waals surface area contributed by atoms with Gasteiger partial charge in [-0.15, -0.1) is 3.89 Å². The Morgan fingerprint density at radius 1 is 1.50 bits per heavy atom. The van der Waals surface area contributed by atoms with E-state index in [0.717, 1.165) is 4.90 Å². The number of carbonyl (C=O) groups is 2. The van der Waals surface area contributed by atoms with Gasteiger partial charge in [0, 0.05) is 19.2 Å². The fraction of sp³-hybridized carbons (Fsp3) is 0.455. The molecule has 1 aromatic rings. The summed E-state index contributed by atoms with van der Waals surface area (Å²) in [4.78, 5) is 31.8.